The smallest absolute Gasteiger partial charge is 0.239 e. The normalized spacial score (nSPS) is 30.2. The third-order valence-electron chi connectivity index (χ3n) is 5.01. The Morgan fingerprint density at radius 1 is 1.45 bits per heavy atom. The van der Waals surface area contributed by atoms with Crippen molar-refractivity contribution < 1.29 is 9.53 Å². The molecule has 0 radical (unpaired) electrons. The molecule has 2 atom stereocenters. The molecule has 116 valence electrons. The van der Waals surface area contributed by atoms with E-state index in [1.807, 2.05) is 4.90 Å². The second-order valence-electron chi connectivity index (χ2n) is 6.90. The van der Waals surface area contributed by atoms with Gasteiger partial charge in [0.1, 0.15) is 0 Å². The van der Waals surface area contributed by atoms with E-state index < -0.39 is 0 Å². The van der Waals surface area contributed by atoms with Gasteiger partial charge in [-0.3, -0.25) is 4.79 Å². The van der Waals surface area contributed by atoms with Crippen molar-refractivity contribution in [1.82, 2.24) is 4.90 Å². The zero-order valence-electron chi connectivity index (χ0n) is 13.1. The Morgan fingerprint density at radius 3 is 2.80 bits per heavy atom. The molecule has 0 saturated carbocycles. The standard InChI is InChI=1S/C16H30N2O2/c1-3-7-16(2)8-4-9-18(12-16)15(19)14(17)13-5-10-20-11-6-13/h13-14H,3-12,17H2,1-2H3. The van der Waals surface area contributed by atoms with Gasteiger partial charge in [0.15, 0.2) is 0 Å². The van der Waals surface area contributed by atoms with Crippen molar-refractivity contribution in [2.75, 3.05) is 26.3 Å². The predicted octanol–water partition coefficient (Wildman–Crippen LogP) is 2.17. The lowest BCUT2D eigenvalue weighted by Crippen LogP contribution is -2.53. The number of hydrogen-bond donors (Lipinski definition) is 1. The van der Waals surface area contributed by atoms with E-state index in [1.54, 1.807) is 0 Å². The number of rotatable bonds is 4. The number of nitrogens with zero attached hydrogens (tertiary/aromatic N) is 1. The van der Waals surface area contributed by atoms with E-state index in [1.165, 1.54) is 19.3 Å². The Labute approximate surface area is 123 Å². The highest BCUT2D eigenvalue weighted by molar-refractivity contribution is 5.82. The molecule has 0 aromatic rings. The zero-order chi connectivity index (χ0) is 14.6. The van der Waals surface area contributed by atoms with Gasteiger partial charge in [0.25, 0.3) is 0 Å². The summed E-state index contributed by atoms with van der Waals surface area (Å²) in [7, 11) is 0. The van der Waals surface area contributed by atoms with Crippen molar-refractivity contribution in [2.24, 2.45) is 17.1 Å². The van der Waals surface area contributed by atoms with Gasteiger partial charge in [-0.2, -0.15) is 0 Å². The SMILES string of the molecule is CCCC1(C)CCCN(C(=O)C(N)C2CCOCC2)C1. The quantitative estimate of drug-likeness (QED) is 0.860. The molecule has 2 aliphatic rings. The van der Waals surface area contributed by atoms with Crippen LogP contribution in [0.1, 0.15) is 52.4 Å². The van der Waals surface area contributed by atoms with Crippen LogP contribution in [0.4, 0.5) is 0 Å². The lowest BCUT2D eigenvalue weighted by molar-refractivity contribution is -0.138. The van der Waals surface area contributed by atoms with E-state index in [9.17, 15) is 4.79 Å². The molecule has 1 amide bonds. The van der Waals surface area contributed by atoms with Crippen molar-refractivity contribution in [3.05, 3.63) is 0 Å². The summed E-state index contributed by atoms with van der Waals surface area (Å²) in [6, 6.07) is -0.331. The number of carbonyl (C=O) groups excluding carboxylic acids is 1. The van der Waals surface area contributed by atoms with Crippen LogP contribution >= 0.6 is 0 Å². The molecule has 4 nitrogen and oxygen atoms in total. The van der Waals surface area contributed by atoms with Crippen molar-refractivity contribution in [3.63, 3.8) is 0 Å². The first-order valence-electron chi connectivity index (χ1n) is 8.18. The second-order valence-corrected chi connectivity index (χ2v) is 6.90. The van der Waals surface area contributed by atoms with Crippen LogP contribution in [-0.2, 0) is 9.53 Å². The molecule has 2 unspecified atom stereocenters. The molecule has 20 heavy (non-hydrogen) atoms. The molecule has 0 spiro atoms. The Balaban J connectivity index is 1.93. The first kappa shape index (κ1) is 15.8. The molecular formula is C16H30N2O2. The van der Waals surface area contributed by atoms with Crippen LogP contribution in [0.15, 0.2) is 0 Å². The van der Waals surface area contributed by atoms with Gasteiger partial charge in [-0.15, -0.1) is 0 Å². The van der Waals surface area contributed by atoms with E-state index in [4.69, 9.17) is 10.5 Å². The molecule has 2 rings (SSSR count). The highest BCUT2D eigenvalue weighted by Gasteiger charge is 2.36. The van der Waals surface area contributed by atoms with Gasteiger partial charge < -0.3 is 15.4 Å². The largest absolute Gasteiger partial charge is 0.381 e. The fourth-order valence-electron chi connectivity index (χ4n) is 3.80. The fraction of sp³-hybridized carbons (Fsp3) is 0.938. The van der Waals surface area contributed by atoms with Gasteiger partial charge in [-0.1, -0.05) is 20.3 Å². The third-order valence-corrected chi connectivity index (χ3v) is 5.01. The van der Waals surface area contributed by atoms with Gasteiger partial charge in [-0.05, 0) is 43.4 Å². The minimum absolute atomic E-state index is 0.166. The van der Waals surface area contributed by atoms with Gasteiger partial charge in [0.2, 0.25) is 5.91 Å². The monoisotopic (exact) mass is 282 g/mol. The van der Waals surface area contributed by atoms with Crippen LogP contribution in [0.5, 0.6) is 0 Å². The van der Waals surface area contributed by atoms with E-state index in [2.05, 4.69) is 13.8 Å². The van der Waals surface area contributed by atoms with Crippen molar-refractivity contribution in [2.45, 2.75) is 58.4 Å². The summed E-state index contributed by atoms with van der Waals surface area (Å²) in [5.74, 6) is 0.467. The first-order valence-corrected chi connectivity index (χ1v) is 8.18. The molecular weight excluding hydrogens is 252 g/mol. The highest BCUT2D eigenvalue weighted by Crippen LogP contribution is 2.34. The molecule has 0 bridgehead atoms. The molecule has 2 N–H and O–H groups in total. The van der Waals surface area contributed by atoms with Crippen LogP contribution in [-0.4, -0.2) is 43.2 Å². The van der Waals surface area contributed by atoms with Gasteiger partial charge in [0.05, 0.1) is 6.04 Å². The summed E-state index contributed by atoms with van der Waals surface area (Å²) in [5, 5.41) is 0. The summed E-state index contributed by atoms with van der Waals surface area (Å²) in [4.78, 5) is 14.7. The number of ether oxygens (including phenoxy) is 1. The zero-order valence-corrected chi connectivity index (χ0v) is 13.1. The van der Waals surface area contributed by atoms with Crippen LogP contribution < -0.4 is 5.73 Å². The van der Waals surface area contributed by atoms with Crippen LogP contribution in [0.2, 0.25) is 0 Å². The van der Waals surface area contributed by atoms with E-state index in [0.29, 0.717) is 5.92 Å². The Bertz CT molecular complexity index is 324. The predicted molar refractivity (Wildman–Crippen MR) is 80.3 cm³/mol. The summed E-state index contributed by atoms with van der Waals surface area (Å²) < 4.78 is 5.36. The average Bonchev–Trinajstić information content (AvgIpc) is 2.46. The average molecular weight is 282 g/mol. The number of piperidine rings is 1. The Hall–Kier alpha value is -0.610. The van der Waals surface area contributed by atoms with Gasteiger partial charge in [-0.25, -0.2) is 0 Å². The van der Waals surface area contributed by atoms with E-state index in [0.717, 1.165) is 45.6 Å². The van der Waals surface area contributed by atoms with Crippen molar-refractivity contribution in [3.8, 4) is 0 Å². The fourth-order valence-corrected chi connectivity index (χ4v) is 3.80. The molecule has 2 aliphatic heterocycles. The molecule has 0 aliphatic carbocycles. The summed E-state index contributed by atoms with van der Waals surface area (Å²) in [5.41, 5.74) is 6.53. The first-order chi connectivity index (χ1) is 9.56. The number of amides is 1. The number of likely N-dealkylation sites (tertiary alicyclic amines) is 1. The van der Waals surface area contributed by atoms with Gasteiger partial charge in [0, 0.05) is 26.3 Å². The maximum Gasteiger partial charge on any atom is 0.239 e. The summed E-state index contributed by atoms with van der Waals surface area (Å²) in [6.07, 6.45) is 6.58. The van der Waals surface area contributed by atoms with E-state index in [-0.39, 0.29) is 17.4 Å². The van der Waals surface area contributed by atoms with Crippen LogP contribution in [0.3, 0.4) is 0 Å². The maximum absolute atomic E-state index is 12.6. The van der Waals surface area contributed by atoms with Crippen molar-refractivity contribution >= 4 is 5.91 Å². The molecule has 0 aromatic heterocycles. The lowest BCUT2D eigenvalue weighted by Gasteiger charge is -2.42. The van der Waals surface area contributed by atoms with Crippen molar-refractivity contribution in [1.29, 1.82) is 0 Å². The van der Waals surface area contributed by atoms with E-state index >= 15 is 0 Å². The summed E-state index contributed by atoms with van der Waals surface area (Å²) >= 11 is 0. The Morgan fingerprint density at radius 2 is 2.15 bits per heavy atom. The second kappa shape index (κ2) is 6.90. The highest BCUT2D eigenvalue weighted by atomic mass is 16.5. The molecule has 2 heterocycles. The third kappa shape index (κ3) is 3.73. The minimum Gasteiger partial charge on any atom is -0.381 e. The number of nitrogens with two attached hydrogens (primary N) is 1. The lowest BCUT2D eigenvalue weighted by atomic mass is 9.78. The van der Waals surface area contributed by atoms with Gasteiger partial charge >= 0.3 is 0 Å². The Kier molecular flexibility index (Phi) is 5.44. The summed E-state index contributed by atoms with van der Waals surface area (Å²) in [6.45, 7) is 7.81. The molecule has 4 heteroatoms. The van der Waals surface area contributed by atoms with Crippen LogP contribution in [0.25, 0.3) is 0 Å². The maximum atomic E-state index is 12.6. The molecule has 2 fully saturated rings. The van der Waals surface area contributed by atoms with Crippen LogP contribution in [0, 0.1) is 11.3 Å². The molecule has 0 aromatic carbocycles. The number of hydrogen-bond acceptors (Lipinski definition) is 3. The minimum atomic E-state index is -0.331. The number of carbonyl (C=O) groups is 1. The molecule has 2 saturated heterocycles. The topological polar surface area (TPSA) is 55.6 Å².